The van der Waals surface area contributed by atoms with Gasteiger partial charge in [0.2, 0.25) is 0 Å². The van der Waals surface area contributed by atoms with Crippen LogP contribution in [0.15, 0.2) is 84.9 Å². The van der Waals surface area contributed by atoms with E-state index in [4.69, 9.17) is 0 Å². The van der Waals surface area contributed by atoms with Gasteiger partial charge in [0.25, 0.3) is 0 Å². The number of hydrogen-bond acceptors (Lipinski definition) is 2. The summed E-state index contributed by atoms with van der Waals surface area (Å²) in [4.78, 5) is 11.3. The summed E-state index contributed by atoms with van der Waals surface area (Å²) < 4.78 is 0. The smallest absolute Gasteiger partial charge is 0.306 e. The van der Waals surface area contributed by atoms with Crippen LogP contribution in [0, 0.1) is 0 Å². The van der Waals surface area contributed by atoms with Crippen LogP contribution in [0.5, 0.6) is 0 Å². The molecule has 0 aliphatic rings. The largest absolute Gasteiger partial charge is 0.481 e. The number of carboxylic acid groups (broad SMARTS) is 1. The van der Waals surface area contributed by atoms with Crippen LogP contribution in [0.2, 0.25) is 0 Å². The zero-order valence-electron chi connectivity index (χ0n) is 13.1. The number of carbonyl (C=O) groups is 1. The molecular weight excluding hydrogens is 300 g/mol. The molecule has 0 fully saturated rings. The maximum absolute atomic E-state index is 11.3. The lowest BCUT2D eigenvalue weighted by molar-refractivity contribution is -0.141. The van der Waals surface area contributed by atoms with Crippen molar-refractivity contribution in [2.45, 2.75) is 12.0 Å². The molecule has 0 heterocycles. The minimum Gasteiger partial charge on any atom is -0.481 e. The molecule has 0 saturated carbocycles. The second-order valence-corrected chi connectivity index (χ2v) is 5.74. The molecule has 0 radical (unpaired) electrons. The predicted molar refractivity (Wildman–Crippen MR) is 93.6 cm³/mol. The van der Waals surface area contributed by atoms with Crippen molar-refractivity contribution in [1.82, 2.24) is 0 Å². The molecule has 3 heteroatoms. The zero-order chi connectivity index (χ0) is 17.0. The van der Waals surface area contributed by atoms with Gasteiger partial charge in [0, 0.05) is 0 Å². The fourth-order valence-corrected chi connectivity index (χ4v) is 2.87. The summed E-state index contributed by atoms with van der Waals surface area (Å²) in [5.74, 6) is -1.05. The maximum Gasteiger partial charge on any atom is 0.306 e. The molecular formula is C21H18O3. The molecule has 0 amide bonds. The summed E-state index contributed by atoms with van der Waals surface area (Å²) in [5.41, 5.74) is 1.67. The topological polar surface area (TPSA) is 57.5 Å². The molecule has 24 heavy (non-hydrogen) atoms. The highest BCUT2D eigenvalue weighted by molar-refractivity contribution is 5.70. The Kier molecular flexibility index (Phi) is 4.45. The van der Waals surface area contributed by atoms with Crippen LogP contribution in [-0.4, -0.2) is 16.2 Å². The van der Waals surface area contributed by atoms with Gasteiger partial charge in [-0.25, -0.2) is 0 Å². The first kappa shape index (κ1) is 16.0. The molecule has 2 N–H and O–H groups in total. The number of carboxylic acids is 1. The molecule has 0 aromatic heterocycles. The normalized spacial score (nSPS) is 13.2. The second-order valence-electron chi connectivity index (χ2n) is 5.74. The van der Waals surface area contributed by atoms with Crippen molar-refractivity contribution in [2.24, 2.45) is 0 Å². The van der Waals surface area contributed by atoms with E-state index in [1.165, 1.54) is 0 Å². The van der Waals surface area contributed by atoms with Crippen LogP contribution >= 0.6 is 0 Å². The Hall–Kier alpha value is -2.91. The Bertz CT molecular complexity index is 811. The van der Waals surface area contributed by atoms with E-state index < -0.39 is 11.6 Å². The van der Waals surface area contributed by atoms with E-state index in [2.05, 4.69) is 0 Å². The van der Waals surface area contributed by atoms with Crippen LogP contribution in [0.3, 0.4) is 0 Å². The van der Waals surface area contributed by atoms with Crippen molar-refractivity contribution in [3.05, 3.63) is 96.1 Å². The van der Waals surface area contributed by atoms with Gasteiger partial charge in [-0.2, -0.15) is 0 Å². The lowest BCUT2D eigenvalue weighted by Crippen LogP contribution is -2.30. The van der Waals surface area contributed by atoms with Crippen molar-refractivity contribution >= 4 is 5.97 Å². The quantitative estimate of drug-likeness (QED) is 0.746. The minimum absolute atomic E-state index is 0.387. The van der Waals surface area contributed by atoms with Gasteiger partial charge in [-0.1, -0.05) is 84.9 Å². The number of hydrogen-bond donors (Lipinski definition) is 2. The lowest BCUT2D eigenvalue weighted by Gasteiger charge is -2.28. The van der Waals surface area contributed by atoms with Gasteiger partial charge < -0.3 is 10.2 Å². The van der Waals surface area contributed by atoms with E-state index in [0.717, 1.165) is 11.1 Å². The number of benzene rings is 3. The fraction of sp³-hybridized carbons (Fsp3) is 0.0952. The van der Waals surface area contributed by atoms with Gasteiger partial charge in [0.15, 0.2) is 0 Å². The van der Waals surface area contributed by atoms with Gasteiger partial charge in [0.05, 0.1) is 6.42 Å². The average Bonchev–Trinajstić information content (AvgIpc) is 2.63. The van der Waals surface area contributed by atoms with Crippen LogP contribution in [0.4, 0.5) is 0 Å². The third kappa shape index (κ3) is 3.21. The van der Waals surface area contributed by atoms with Gasteiger partial charge in [-0.3, -0.25) is 4.79 Å². The molecule has 3 aromatic rings. The Morgan fingerprint density at radius 2 is 1.17 bits per heavy atom. The van der Waals surface area contributed by atoms with Gasteiger partial charge in [0.1, 0.15) is 5.60 Å². The molecule has 0 bridgehead atoms. The molecule has 0 aliphatic heterocycles. The molecule has 3 nitrogen and oxygen atoms in total. The number of rotatable bonds is 5. The molecule has 0 saturated heterocycles. The maximum atomic E-state index is 11.3. The summed E-state index contributed by atoms with van der Waals surface area (Å²) >= 11 is 0. The van der Waals surface area contributed by atoms with E-state index >= 15 is 0 Å². The van der Waals surface area contributed by atoms with Gasteiger partial charge in [-0.05, 0) is 22.3 Å². The van der Waals surface area contributed by atoms with Crippen LogP contribution in [-0.2, 0) is 10.4 Å². The molecule has 1 unspecified atom stereocenters. The SMILES string of the molecule is O=C(O)CC(O)(c1ccccc1)c1ccc(-c2ccccc2)cc1. The predicted octanol–water partition coefficient (Wildman–Crippen LogP) is 4.06. The van der Waals surface area contributed by atoms with Gasteiger partial charge >= 0.3 is 5.97 Å². The summed E-state index contributed by atoms with van der Waals surface area (Å²) in [5, 5.41) is 20.3. The summed E-state index contributed by atoms with van der Waals surface area (Å²) in [6, 6.07) is 26.2. The molecule has 3 rings (SSSR count). The highest BCUT2D eigenvalue weighted by Crippen LogP contribution is 2.34. The Morgan fingerprint density at radius 3 is 1.71 bits per heavy atom. The number of aliphatic hydroxyl groups is 1. The van der Waals surface area contributed by atoms with Crippen LogP contribution in [0.1, 0.15) is 17.5 Å². The highest BCUT2D eigenvalue weighted by Gasteiger charge is 2.34. The van der Waals surface area contributed by atoms with Crippen LogP contribution in [0.25, 0.3) is 11.1 Å². The monoisotopic (exact) mass is 318 g/mol. The van der Waals surface area contributed by atoms with E-state index in [1.54, 1.807) is 36.4 Å². The summed E-state index contributed by atoms with van der Waals surface area (Å²) in [7, 11) is 0. The zero-order valence-corrected chi connectivity index (χ0v) is 13.1. The van der Waals surface area contributed by atoms with E-state index in [0.29, 0.717) is 11.1 Å². The Labute approximate surface area is 140 Å². The Morgan fingerprint density at radius 1 is 0.708 bits per heavy atom. The summed E-state index contributed by atoms with van der Waals surface area (Å²) in [6.07, 6.45) is -0.387. The molecule has 1 atom stereocenters. The van der Waals surface area contributed by atoms with Crippen molar-refractivity contribution in [2.75, 3.05) is 0 Å². The van der Waals surface area contributed by atoms with Crippen molar-refractivity contribution < 1.29 is 15.0 Å². The average molecular weight is 318 g/mol. The first-order chi connectivity index (χ1) is 11.6. The summed E-state index contributed by atoms with van der Waals surface area (Å²) in [6.45, 7) is 0. The van der Waals surface area contributed by atoms with Gasteiger partial charge in [-0.15, -0.1) is 0 Å². The molecule has 0 spiro atoms. The minimum atomic E-state index is -1.55. The van der Waals surface area contributed by atoms with E-state index in [9.17, 15) is 15.0 Å². The first-order valence-electron chi connectivity index (χ1n) is 7.75. The van der Waals surface area contributed by atoms with Crippen molar-refractivity contribution in [3.8, 4) is 11.1 Å². The standard InChI is InChI=1S/C21H18O3/c22-20(23)15-21(24,18-9-5-2-6-10-18)19-13-11-17(12-14-19)16-7-3-1-4-8-16/h1-14,24H,15H2,(H,22,23). The second kappa shape index (κ2) is 6.69. The van der Waals surface area contributed by atoms with Crippen molar-refractivity contribution in [3.63, 3.8) is 0 Å². The molecule has 0 aliphatic carbocycles. The third-order valence-corrected chi connectivity index (χ3v) is 4.13. The van der Waals surface area contributed by atoms with Crippen LogP contribution < -0.4 is 0 Å². The van der Waals surface area contributed by atoms with Crippen molar-refractivity contribution in [1.29, 1.82) is 0 Å². The van der Waals surface area contributed by atoms with E-state index in [1.807, 2.05) is 48.5 Å². The highest BCUT2D eigenvalue weighted by atomic mass is 16.4. The Balaban J connectivity index is 2.01. The third-order valence-electron chi connectivity index (χ3n) is 4.13. The fourth-order valence-electron chi connectivity index (χ4n) is 2.87. The first-order valence-corrected chi connectivity index (χ1v) is 7.75. The van der Waals surface area contributed by atoms with E-state index in [-0.39, 0.29) is 6.42 Å². The lowest BCUT2D eigenvalue weighted by atomic mass is 9.83. The molecule has 3 aromatic carbocycles. The molecule has 120 valence electrons. The number of aliphatic carboxylic acids is 1.